The Bertz CT molecular complexity index is 769. The summed E-state index contributed by atoms with van der Waals surface area (Å²) < 4.78 is 5.20. The third kappa shape index (κ3) is 1.75. The summed E-state index contributed by atoms with van der Waals surface area (Å²) in [5.41, 5.74) is 2.23. The molecule has 0 atom stereocenters. The second-order valence-electron chi connectivity index (χ2n) is 5.16. The topological polar surface area (TPSA) is 38.9 Å². The third-order valence-corrected chi connectivity index (χ3v) is 4.26. The second kappa shape index (κ2) is 4.34. The molecular formula is C14H14BrN5. The van der Waals surface area contributed by atoms with Crippen molar-refractivity contribution in [3.8, 4) is 0 Å². The van der Waals surface area contributed by atoms with Gasteiger partial charge in [0.1, 0.15) is 0 Å². The number of imidazole rings is 1. The molecule has 1 saturated heterocycles. The van der Waals surface area contributed by atoms with Crippen molar-refractivity contribution in [3.63, 3.8) is 0 Å². The van der Waals surface area contributed by atoms with Crippen LogP contribution in [0.2, 0.25) is 0 Å². The molecule has 0 unspecified atom stereocenters. The van der Waals surface area contributed by atoms with E-state index in [9.17, 15) is 0 Å². The minimum absolute atomic E-state index is 0.432. The van der Waals surface area contributed by atoms with E-state index in [1.165, 1.54) is 5.52 Å². The number of fused-ring (bicyclic) bond motifs is 1. The Morgan fingerprint density at radius 3 is 2.75 bits per heavy atom. The average Bonchev–Trinajstić information content (AvgIpc) is 2.94. The van der Waals surface area contributed by atoms with Crippen LogP contribution in [-0.4, -0.2) is 32.4 Å². The lowest BCUT2D eigenvalue weighted by Gasteiger charge is -2.39. The highest BCUT2D eigenvalue weighted by Gasteiger charge is 2.31. The Hall–Kier alpha value is -1.82. The fourth-order valence-corrected chi connectivity index (χ4v) is 3.02. The van der Waals surface area contributed by atoms with Gasteiger partial charge < -0.3 is 9.47 Å². The van der Waals surface area contributed by atoms with Crippen LogP contribution in [0.4, 0.5) is 5.95 Å². The van der Waals surface area contributed by atoms with Gasteiger partial charge in [0, 0.05) is 26.3 Å². The van der Waals surface area contributed by atoms with Gasteiger partial charge in [0.15, 0.2) is 0 Å². The van der Waals surface area contributed by atoms with Crippen LogP contribution in [0.3, 0.4) is 0 Å². The predicted octanol–water partition coefficient (Wildman–Crippen LogP) is 2.59. The molecule has 6 heteroatoms. The smallest absolute Gasteiger partial charge is 0.206 e. The SMILES string of the molecule is Cn1c(N2CC(n3cc(Br)cn3)C2)nc2ccccc21. The molecule has 3 aromatic rings. The number of nitrogens with zero attached hydrogens (tertiary/aromatic N) is 5. The van der Waals surface area contributed by atoms with Crippen LogP contribution in [0.1, 0.15) is 6.04 Å². The van der Waals surface area contributed by atoms with Gasteiger partial charge in [0.05, 0.1) is 27.7 Å². The molecule has 1 aromatic carbocycles. The van der Waals surface area contributed by atoms with E-state index in [1.807, 2.05) is 29.2 Å². The number of anilines is 1. The molecule has 1 fully saturated rings. The Morgan fingerprint density at radius 1 is 1.25 bits per heavy atom. The zero-order valence-corrected chi connectivity index (χ0v) is 12.7. The quantitative estimate of drug-likeness (QED) is 0.724. The number of rotatable bonds is 2. The second-order valence-corrected chi connectivity index (χ2v) is 6.07. The first kappa shape index (κ1) is 12.0. The molecule has 4 rings (SSSR count). The van der Waals surface area contributed by atoms with Gasteiger partial charge in [0.2, 0.25) is 5.95 Å². The van der Waals surface area contributed by atoms with Crippen molar-refractivity contribution in [2.75, 3.05) is 18.0 Å². The lowest BCUT2D eigenvalue weighted by molar-refractivity contribution is 0.361. The first-order valence-corrected chi connectivity index (χ1v) is 7.38. The molecule has 0 spiro atoms. The Morgan fingerprint density at radius 2 is 2.05 bits per heavy atom. The van der Waals surface area contributed by atoms with Gasteiger partial charge in [0.25, 0.3) is 0 Å². The third-order valence-electron chi connectivity index (χ3n) is 3.85. The van der Waals surface area contributed by atoms with Crippen molar-refractivity contribution in [3.05, 3.63) is 41.1 Å². The van der Waals surface area contributed by atoms with Crippen LogP contribution in [0.5, 0.6) is 0 Å². The van der Waals surface area contributed by atoms with E-state index >= 15 is 0 Å². The molecule has 1 aliphatic heterocycles. The van der Waals surface area contributed by atoms with E-state index in [0.717, 1.165) is 29.0 Å². The fraction of sp³-hybridized carbons (Fsp3) is 0.286. The molecule has 2 aromatic heterocycles. The lowest BCUT2D eigenvalue weighted by atomic mass is 10.1. The normalized spacial score (nSPS) is 15.8. The summed E-state index contributed by atoms with van der Waals surface area (Å²) in [4.78, 5) is 7.01. The Labute approximate surface area is 124 Å². The summed E-state index contributed by atoms with van der Waals surface area (Å²) in [6.45, 7) is 1.90. The maximum atomic E-state index is 4.72. The van der Waals surface area contributed by atoms with Crippen LogP contribution in [0.15, 0.2) is 41.1 Å². The molecule has 0 amide bonds. The molecule has 102 valence electrons. The maximum Gasteiger partial charge on any atom is 0.206 e. The van der Waals surface area contributed by atoms with Crippen molar-refractivity contribution in [1.29, 1.82) is 0 Å². The number of halogens is 1. The molecule has 5 nitrogen and oxygen atoms in total. The van der Waals surface area contributed by atoms with E-state index in [-0.39, 0.29) is 0 Å². The maximum absolute atomic E-state index is 4.72. The minimum atomic E-state index is 0.432. The highest BCUT2D eigenvalue weighted by Crippen LogP contribution is 2.29. The summed E-state index contributed by atoms with van der Waals surface area (Å²) in [7, 11) is 2.07. The van der Waals surface area contributed by atoms with Gasteiger partial charge in [-0.15, -0.1) is 0 Å². The summed E-state index contributed by atoms with van der Waals surface area (Å²) in [5.74, 6) is 1.04. The van der Waals surface area contributed by atoms with Crippen molar-refractivity contribution in [2.24, 2.45) is 7.05 Å². The molecule has 0 saturated carbocycles. The molecular weight excluding hydrogens is 318 g/mol. The van der Waals surface area contributed by atoms with Crippen LogP contribution in [0.25, 0.3) is 11.0 Å². The van der Waals surface area contributed by atoms with Crippen molar-refractivity contribution in [1.82, 2.24) is 19.3 Å². The molecule has 20 heavy (non-hydrogen) atoms. The van der Waals surface area contributed by atoms with E-state index < -0.39 is 0 Å². The van der Waals surface area contributed by atoms with Gasteiger partial charge in [-0.3, -0.25) is 4.68 Å². The Kier molecular flexibility index (Phi) is 2.60. The number of benzene rings is 1. The predicted molar refractivity (Wildman–Crippen MR) is 81.9 cm³/mol. The van der Waals surface area contributed by atoms with Crippen LogP contribution >= 0.6 is 15.9 Å². The zero-order valence-electron chi connectivity index (χ0n) is 11.1. The van der Waals surface area contributed by atoms with Gasteiger partial charge in [-0.25, -0.2) is 4.98 Å². The summed E-state index contributed by atoms with van der Waals surface area (Å²) >= 11 is 3.44. The number of hydrogen-bond donors (Lipinski definition) is 0. The first-order chi connectivity index (χ1) is 9.72. The van der Waals surface area contributed by atoms with E-state index in [0.29, 0.717) is 6.04 Å². The number of aryl methyl sites for hydroxylation is 1. The van der Waals surface area contributed by atoms with Crippen LogP contribution in [-0.2, 0) is 7.05 Å². The Balaban J connectivity index is 1.59. The van der Waals surface area contributed by atoms with Crippen LogP contribution in [0, 0.1) is 0 Å². The van der Waals surface area contributed by atoms with E-state index in [4.69, 9.17) is 4.98 Å². The molecule has 1 aliphatic rings. The zero-order chi connectivity index (χ0) is 13.7. The number of aromatic nitrogens is 4. The van der Waals surface area contributed by atoms with Crippen LogP contribution < -0.4 is 4.90 Å². The van der Waals surface area contributed by atoms with Gasteiger partial charge >= 0.3 is 0 Å². The lowest BCUT2D eigenvalue weighted by Crippen LogP contribution is -2.49. The highest BCUT2D eigenvalue weighted by atomic mass is 79.9. The van der Waals surface area contributed by atoms with Gasteiger partial charge in [-0.05, 0) is 28.1 Å². The fourth-order valence-electron chi connectivity index (χ4n) is 2.72. The molecule has 0 N–H and O–H groups in total. The van der Waals surface area contributed by atoms with E-state index in [1.54, 1.807) is 0 Å². The number of para-hydroxylation sites is 2. The van der Waals surface area contributed by atoms with Crippen molar-refractivity contribution < 1.29 is 0 Å². The first-order valence-electron chi connectivity index (χ1n) is 6.58. The highest BCUT2D eigenvalue weighted by molar-refractivity contribution is 9.10. The molecule has 3 heterocycles. The summed E-state index contributed by atoms with van der Waals surface area (Å²) in [6.07, 6.45) is 3.86. The number of hydrogen-bond acceptors (Lipinski definition) is 3. The van der Waals surface area contributed by atoms with Crippen molar-refractivity contribution in [2.45, 2.75) is 6.04 Å². The largest absolute Gasteiger partial charge is 0.338 e. The average molecular weight is 332 g/mol. The minimum Gasteiger partial charge on any atom is -0.338 e. The summed E-state index contributed by atoms with van der Waals surface area (Å²) in [6, 6.07) is 8.67. The monoisotopic (exact) mass is 331 g/mol. The standard InChI is InChI=1S/C14H14BrN5/c1-18-13-5-3-2-4-12(13)17-14(18)19-8-11(9-19)20-7-10(15)6-16-20/h2-7,11H,8-9H2,1H3. The van der Waals surface area contributed by atoms with Crippen molar-refractivity contribution >= 4 is 32.9 Å². The van der Waals surface area contributed by atoms with Gasteiger partial charge in [-0.1, -0.05) is 12.1 Å². The molecule has 0 bridgehead atoms. The molecule has 0 aliphatic carbocycles. The van der Waals surface area contributed by atoms with Gasteiger partial charge in [-0.2, -0.15) is 5.10 Å². The molecule has 0 radical (unpaired) electrons. The van der Waals surface area contributed by atoms with E-state index in [2.05, 4.69) is 49.7 Å². The summed E-state index contributed by atoms with van der Waals surface area (Å²) in [5, 5.41) is 4.35.